The lowest BCUT2D eigenvalue weighted by Crippen LogP contribution is -2.04. The van der Waals surface area contributed by atoms with Gasteiger partial charge in [-0.25, -0.2) is 0 Å². The first kappa shape index (κ1) is 14.5. The highest BCUT2D eigenvalue weighted by molar-refractivity contribution is 6.07. The highest BCUT2D eigenvalue weighted by Gasteiger charge is 2.29. The molecule has 2 aromatic carbocycles. The first-order chi connectivity index (χ1) is 9.69. The second-order valence-corrected chi connectivity index (χ2v) is 5.18. The maximum Gasteiger partial charge on any atom is 0.166 e. The molecule has 0 aromatic heterocycles. The van der Waals surface area contributed by atoms with E-state index in [1.165, 1.54) is 5.56 Å². The zero-order valence-corrected chi connectivity index (χ0v) is 12.3. The molecule has 2 aromatic rings. The summed E-state index contributed by atoms with van der Waals surface area (Å²) in [5.74, 6) is 0.425. The van der Waals surface area contributed by atoms with E-state index in [1.54, 1.807) is 0 Å². The van der Waals surface area contributed by atoms with Crippen LogP contribution in [0.2, 0.25) is 0 Å². The Labute approximate surface area is 120 Å². The van der Waals surface area contributed by atoms with E-state index >= 15 is 0 Å². The van der Waals surface area contributed by atoms with E-state index in [-0.39, 0.29) is 5.92 Å². The third-order valence-corrected chi connectivity index (χ3v) is 3.46. The Morgan fingerprint density at radius 2 is 1.65 bits per heavy atom. The molecule has 20 heavy (non-hydrogen) atoms. The van der Waals surface area contributed by atoms with Crippen LogP contribution in [-0.4, -0.2) is 19.9 Å². The summed E-state index contributed by atoms with van der Waals surface area (Å²) >= 11 is 0. The first-order valence-corrected chi connectivity index (χ1v) is 6.99. The van der Waals surface area contributed by atoms with Gasteiger partial charge < -0.3 is 5.32 Å². The third kappa shape index (κ3) is 2.81. The molecule has 1 N–H and O–H groups in total. The van der Waals surface area contributed by atoms with E-state index in [0.29, 0.717) is 5.78 Å². The monoisotopic (exact) mass is 267 g/mol. The van der Waals surface area contributed by atoms with Gasteiger partial charge in [0.05, 0.1) is 0 Å². The van der Waals surface area contributed by atoms with Crippen LogP contribution in [0.3, 0.4) is 0 Å². The number of rotatable bonds is 1. The van der Waals surface area contributed by atoms with Crippen LogP contribution in [0.15, 0.2) is 48.5 Å². The van der Waals surface area contributed by atoms with Gasteiger partial charge in [0.2, 0.25) is 0 Å². The molecule has 3 rings (SSSR count). The van der Waals surface area contributed by atoms with E-state index in [9.17, 15) is 4.79 Å². The lowest BCUT2D eigenvalue weighted by atomic mass is 9.96. The minimum Gasteiger partial charge on any atom is -0.323 e. The van der Waals surface area contributed by atoms with Gasteiger partial charge in [0.1, 0.15) is 0 Å². The number of hydrogen-bond acceptors (Lipinski definition) is 2. The summed E-state index contributed by atoms with van der Waals surface area (Å²) in [7, 11) is 3.75. The molecule has 0 radical (unpaired) electrons. The van der Waals surface area contributed by atoms with Crippen LogP contribution in [0.4, 0.5) is 0 Å². The average molecular weight is 267 g/mol. The number of nitrogens with one attached hydrogen (secondary N) is 1. The normalized spacial score (nSPS) is 16.4. The molecule has 0 saturated heterocycles. The molecule has 0 heterocycles. The minimum absolute atomic E-state index is 0.134. The van der Waals surface area contributed by atoms with E-state index in [4.69, 9.17) is 0 Å². The van der Waals surface area contributed by atoms with Gasteiger partial charge in [0.15, 0.2) is 5.78 Å². The zero-order chi connectivity index (χ0) is 14.5. The van der Waals surface area contributed by atoms with Crippen LogP contribution in [-0.2, 0) is 6.42 Å². The van der Waals surface area contributed by atoms with Crippen molar-refractivity contribution in [2.45, 2.75) is 13.3 Å². The fraction of sp³-hybridized carbons (Fsp3) is 0.278. The van der Waals surface area contributed by atoms with Gasteiger partial charge >= 0.3 is 0 Å². The summed E-state index contributed by atoms with van der Waals surface area (Å²) in [6.45, 7) is 2.01. The fourth-order valence-corrected chi connectivity index (χ4v) is 2.59. The van der Waals surface area contributed by atoms with E-state index < -0.39 is 0 Å². The Morgan fingerprint density at radius 3 is 2.30 bits per heavy atom. The summed E-state index contributed by atoms with van der Waals surface area (Å²) in [5.41, 5.74) is 4.35. The van der Waals surface area contributed by atoms with Crippen molar-refractivity contribution in [3.8, 4) is 11.1 Å². The molecule has 0 aliphatic heterocycles. The standard InChI is InChI=1S/C16H14O.C2H7N/c1-11-10-13-8-5-9-14(15(13)16(11)17)12-6-3-2-4-7-12;1-3-2/h2-9,11H,10H2,1H3;3H,1-2H3. The van der Waals surface area contributed by atoms with Crippen LogP contribution in [0.1, 0.15) is 22.8 Å². The quantitative estimate of drug-likeness (QED) is 0.856. The molecular formula is C18H21NO. The molecule has 0 amide bonds. The van der Waals surface area contributed by atoms with Crippen molar-refractivity contribution in [2.75, 3.05) is 14.1 Å². The molecule has 0 bridgehead atoms. The molecule has 104 valence electrons. The van der Waals surface area contributed by atoms with Crippen LogP contribution >= 0.6 is 0 Å². The Balaban J connectivity index is 0.000000452. The van der Waals surface area contributed by atoms with Crippen molar-refractivity contribution < 1.29 is 4.79 Å². The van der Waals surface area contributed by atoms with Crippen molar-refractivity contribution in [2.24, 2.45) is 5.92 Å². The summed E-state index contributed by atoms with van der Waals surface area (Å²) in [5, 5.41) is 2.75. The molecule has 2 heteroatoms. The zero-order valence-electron chi connectivity index (χ0n) is 12.3. The number of fused-ring (bicyclic) bond motifs is 1. The lowest BCUT2D eigenvalue weighted by Gasteiger charge is -2.07. The number of carbonyl (C=O) groups is 1. The molecule has 0 fully saturated rings. The molecular weight excluding hydrogens is 246 g/mol. The summed E-state index contributed by atoms with van der Waals surface area (Å²) in [6.07, 6.45) is 0.884. The van der Waals surface area contributed by atoms with Crippen molar-refractivity contribution >= 4 is 5.78 Å². The predicted molar refractivity (Wildman–Crippen MR) is 84.1 cm³/mol. The highest BCUT2D eigenvalue weighted by atomic mass is 16.1. The maximum absolute atomic E-state index is 12.2. The van der Waals surface area contributed by atoms with Gasteiger partial charge in [-0.2, -0.15) is 0 Å². The lowest BCUT2D eigenvalue weighted by molar-refractivity contribution is 0.0947. The molecule has 1 atom stereocenters. The number of hydrogen-bond donors (Lipinski definition) is 1. The van der Waals surface area contributed by atoms with Gasteiger partial charge in [0.25, 0.3) is 0 Å². The largest absolute Gasteiger partial charge is 0.323 e. The number of benzene rings is 2. The number of carbonyl (C=O) groups excluding carboxylic acids is 1. The topological polar surface area (TPSA) is 29.1 Å². The second kappa shape index (κ2) is 6.49. The SMILES string of the molecule is CC1Cc2cccc(-c3ccccc3)c2C1=O.CNC. The van der Waals surface area contributed by atoms with E-state index in [0.717, 1.165) is 23.1 Å². The molecule has 1 aliphatic carbocycles. The average Bonchev–Trinajstić information content (AvgIpc) is 2.76. The Morgan fingerprint density at radius 1 is 1.00 bits per heavy atom. The fourth-order valence-electron chi connectivity index (χ4n) is 2.59. The number of Topliss-reactive ketones (excluding diaryl/α,β-unsaturated/α-hetero) is 1. The van der Waals surface area contributed by atoms with Gasteiger partial charge in [-0.15, -0.1) is 0 Å². The highest BCUT2D eigenvalue weighted by Crippen LogP contribution is 2.34. The third-order valence-electron chi connectivity index (χ3n) is 3.46. The van der Waals surface area contributed by atoms with Gasteiger partial charge in [-0.3, -0.25) is 4.79 Å². The van der Waals surface area contributed by atoms with Crippen LogP contribution < -0.4 is 5.32 Å². The first-order valence-electron chi connectivity index (χ1n) is 6.99. The van der Waals surface area contributed by atoms with Crippen LogP contribution in [0.25, 0.3) is 11.1 Å². The number of ketones is 1. The van der Waals surface area contributed by atoms with Crippen molar-refractivity contribution in [3.05, 3.63) is 59.7 Å². The molecule has 0 spiro atoms. The molecule has 2 nitrogen and oxygen atoms in total. The predicted octanol–water partition coefficient (Wildman–Crippen LogP) is 3.56. The summed E-state index contributed by atoms with van der Waals surface area (Å²) in [4.78, 5) is 12.2. The van der Waals surface area contributed by atoms with Crippen LogP contribution in [0.5, 0.6) is 0 Å². The molecule has 1 aliphatic rings. The van der Waals surface area contributed by atoms with Gasteiger partial charge in [0, 0.05) is 11.5 Å². The summed E-state index contributed by atoms with van der Waals surface area (Å²) < 4.78 is 0. The second-order valence-electron chi connectivity index (χ2n) is 5.18. The molecule has 0 saturated carbocycles. The summed E-state index contributed by atoms with van der Waals surface area (Å²) in [6, 6.07) is 16.3. The smallest absolute Gasteiger partial charge is 0.166 e. The van der Waals surface area contributed by atoms with E-state index in [1.807, 2.05) is 51.4 Å². The van der Waals surface area contributed by atoms with Gasteiger partial charge in [-0.05, 0) is 37.2 Å². The Kier molecular flexibility index (Phi) is 4.70. The minimum atomic E-state index is 0.134. The maximum atomic E-state index is 12.2. The van der Waals surface area contributed by atoms with Crippen LogP contribution in [0, 0.1) is 5.92 Å². The van der Waals surface area contributed by atoms with Crippen molar-refractivity contribution in [1.82, 2.24) is 5.32 Å². The van der Waals surface area contributed by atoms with Crippen molar-refractivity contribution in [1.29, 1.82) is 0 Å². The Hall–Kier alpha value is -1.93. The Bertz CT molecular complexity index is 590. The van der Waals surface area contributed by atoms with E-state index in [2.05, 4.69) is 23.5 Å². The van der Waals surface area contributed by atoms with Crippen molar-refractivity contribution in [3.63, 3.8) is 0 Å². The molecule has 1 unspecified atom stereocenters. The van der Waals surface area contributed by atoms with Gasteiger partial charge in [-0.1, -0.05) is 55.5 Å².